The SMILES string of the molecule is CCC(NC(=O)[C@@H]1CCC[C@@H]1CN)c1ccncc1.Cl.Cl. The molecular formula is C15H25Cl2N3O. The number of nitrogens with zero attached hydrogens (tertiary/aromatic N) is 1. The summed E-state index contributed by atoms with van der Waals surface area (Å²) in [6, 6.07) is 4.00. The highest BCUT2D eigenvalue weighted by molar-refractivity contribution is 5.85. The van der Waals surface area contributed by atoms with Gasteiger partial charge in [-0.15, -0.1) is 24.8 Å². The number of carbonyl (C=O) groups excluding carboxylic acids is 1. The number of carbonyl (C=O) groups is 1. The van der Waals surface area contributed by atoms with Crippen LogP contribution in [0.15, 0.2) is 24.5 Å². The molecule has 0 aliphatic heterocycles. The summed E-state index contributed by atoms with van der Waals surface area (Å²) in [7, 11) is 0. The minimum absolute atomic E-state index is 0. The Kier molecular flexibility index (Phi) is 9.58. The molecule has 21 heavy (non-hydrogen) atoms. The lowest BCUT2D eigenvalue weighted by Crippen LogP contribution is -2.37. The molecule has 1 aliphatic carbocycles. The Morgan fingerprint density at radius 3 is 2.62 bits per heavy atom. The minimum atomic E-state index is 0. The third-order valence-corrected chi connectivity index (χ3v) is 4.13. The molecule has 1 saturated carbocycles. The number of nitrogens with one attached hydrogen (secondary N) is 1. The molecule has 1 fully saturated rings. The predicted molar refractivity (Wildman–Crippen MR) is 89.8 cm³/mol. The largest absolute Gasteiger partial charge is 0.349 e. The van der Waals surface area contributed by atoms with E-state index in [4.69, 9.17) is 5.73 Å². The van der Waals surface area contributed by atoms with Crippen LogP contribution in [0.2, 0.25) is 0 Å². The van der Waals surface area contributed by atoms with Crippen molar-refractivity contribution in [2.24, 2.45) is 17.6 Å². The van der Waals surface area contributed by atoms with Gasteiger partial charge in [-0.25, -0.2) is 0 Å². The second-order valence-electron chi connectivity index (χ2n) is 5.28. The van der Waals surface area contributed by atoms with Crippen LogP contribution in [0.3, 0.4) is 0 Å². The van der Waals surface area contributed by atoms with E-state index in [-0.39, 0.29) is 42.7 Å². The number of nitrogens with two attached hydrogens (primary N) is 1. The average Bonchev–Trinajstić information content (AvgIpc) is 2.94. The molecule has 0 radical (unpaired) electrons. The Morgan fingerprint density at radius 1 is 1.38 bits per heavy atom. The van der Waals surface area contributed by atoms with Crippen LogP contribution in [0.4, 0.5) is 0 Å². The Morgan fingerprint density at radius 2 is 2.05 bits per heavy atom. The highest BCUT2D eigenvalue weighted by Gasteiger charge is 2.32. The zero-order valence-corrected chi connectivity index (χ0v) is 14.0. The first kappa shape index (κ1) is 20.2. The first-order valence-electron chi connectivity index (χ1n) is 7.16. The number of pyridine rings is 1. The maximum atomic E-state index is 12.4. The minimum Gasteiger partial charge on any atom is -0.349 e. The van der Waals surface area contributed by atoms with Crippen LogP contribution in [-0.4, -0.2) is 17.4 Å². The summed E-state index contributed by atoms with van der Waals surface area (Å²) in [4.78, 5) is 16.4. The molecule has 1 aliphatic rings. The fraction of sp³-hybridized carbons (Fsp3) is 0.600. The molecule has 4 nitrogen and oxygen atoms in total. The van der Waals surface area contributed by atoms with Crippen molar-refractivity contribution < 1.29 is 4.79 Å². The van der Waals surface area contributed by atoms with Gasteiger partial charge in [-0.1, -0.05) is 13.3 Å². The van der Waals surface area contributed by atoms with Gasteiger partial charge in [0.15, 0.2) is 0 Å². The zero-order chi connectivity index (χ0) is 13.7. The molecule has 3 N–H and O–H groups in total. The molecule has 3 atom stereocenters. The van der Waals surface area contributed by atoms with Crippen molar-refractivity contribution in [3.63, 3.8) is 0 Å². The fourth-order valence-corrected chi connectivity index (χ4v) is 2.96. The Hall–Kier alpha value is -0.840. The van der Waals surface area contributed by atoms with Crippen LogP contribution < -0.4 is 11.1 Å². The van der Waals surface area contributed by atoms with Crippen LogP contribution in [0.5, 0.6) is 0 Å². The van der Waals surface area contributed by atoms with E-state index in [1.165, 1.54) is 0 Å². The molecule has 0 spiro atoms. The van der Waals surface area contributed by atoms with Gasteiger partial charge in [-0.3, -0.25) is 9.78 Å². The lowest BCUT2D eigenvalue weighted by atomic mass is 9.94. The molecule has 6 heteroatoms. The van der Waals surface area contributed by atoms with E-state index >= 15 is 0 Å². The number of amides is 1. The maximum Gasteiger partial charge on any atom is 0.223 e. The van der Waals surface area contributed by atoms with Crippen molar-refractivity contribution in [2.45, 2.75) is 38.6 Å². The van der Waals surface area contributed by atoms with Crippen LogP contribution >= 0.6 is 24.8 Å². The molecule has 1 aromatic rings. The van der Waals surface area contributed by atoms with E-state index in [0.717, 1.165) is 31.2 Å². The van der Waals surface area contributed by atoms with Crippen molar-refractivity contribution in [1.82, 2.24) is 10.3 Å². The molecule has 1 aromatic heterocycles. The number of halogens is 2. The van der Waals surface area contributed by atoms with E-state index in [1.54, 1.807) is 12.4 Å². The van der Waals surface area contributed by atoms with Gasteiger partial charge in [0.2, 0.25) is 5.91 Å². The zero-order valence-electron chi connectivity index (χ0n) is 12.3. The van der Waals surface area contributed by atoms with Gasteiger partial charge in [0, 0.05) is 18.3 Å². The van der Waals surface area contributed by atoms with Crippen LogP contribution in [0, 0.1) is 11.8 Å². The molecular weight excluding hydrogens is 309 g/mol. The predicted octanol–water partition coefficient (Wildman–Crippen LogP) is 2.87. The number of hydrogen-bond acceptors (Lipinski definition) is 3. The quantitative estimate of drug-likeness (QED) is 0.870. The summed E-state index contributed by atoms with van der Waals surface area (Å²) in [5, 5.41) is 3.17. The van der Waals surface area contributed by atoms with Gasteiger partial charge < -0.3 is 11.1 Å². The molecule has 1 amide bonds. The molecule has 0 saturated heterocycles. The first-order valence-corrected chi connectivity index (χ1v) is 7.16. The summed E-state index contributed by atoms with van der Waals surface area (Å²) < 4.78 is 0. The Bertz CT molecular complexity index is 417. The summed E-state index contributed by atoms with van der Waals surface area (Å²) in [6.07, 6.45) is 7.59. The lowest BCUT2D eigenvalue weighted by molar-refractivity contribution is -0.126. The van der Waals surface area contributed by atoms with E-state index < -0.39 is 0 Å². The molecule has 1 unspecified atom stereocenters. The highest BCUT2D eigenvalue weighted by atomic mass is 35.5. The Labute approximate surface area is 139 Å². The molecule has 1 heterocycles. The van der Waals surface area contributed by atoms with Crippen LogP contribution in [-0.2, 0) is 4.79 Å². The van der Waals surface area contributed by atoms with Crippen molar-refractivity contribution in [2.75, 3.05) is 6.54 Å². The molecule has 2 rings (SSSR count). The van der Waals surface area contributed by atoms with Crippen molar-refractivity contribution in [1.29, 1.82) is 0 Å². The molecule has 0 bridgehead atoms. The fourth-order valence-electron chi connectivity index (χ4n) is 2.96. The van der Waals surface area contributed by atoms with E-state index in [9.17, 15) is 4.79 Å². The summed E-state index contributed by atoms with van der Waals surface area (Å²) in [5.41, 5.74) is 6.87. The number of hydrogen-bond donors (Lipinski definition) is 2. The average molecular weight is 334 g/mol. The van der Waals surface area contributed by atoms with Crippen LogP contribution in [0.25, 0.3) is 0 Å². The summed E-state index contributed by atoms with van der Waals surface area (Å²) in [6.45, 7) is 2.70. The van der Waals surface area contributed by atoms with Gasteiger partial charge >= 0.3 is 0 Å². The van der Waals surface area contributed by atoms with E-state index in [2.05, 4.69) is 17.2 Å². The Balaban J connectivity index is 0.00000200. The summed E-state index contributed by atoms with van der Waals surface area (Å²) >= 11 is 0. The van der Waals surface area contributed by atoms with Crippen molar-refractivity contribution in [3.05, 3.63) is 30.1 Å². The normalized spacial score (nSPS) is 21.8. The third-order valence-electron chi connectivity index (χ3n) is 4.13. The molecule has 0 aromatic carbocycles. The standard InChI is InChI=1S/C15H23N3O.2ClH/c1-2-14(11-6-8-17-9-7-11)18-15(19)13-5-3-4-12(13)10-16;;/h6-9,12-14H,2-5,10,16H2,1H3,(H,18,19);2*1H/t12-,13-,14?;;/m1../s1. The van der Waals surface area contributed by atoms with Crippen molar-refractivity contribution in [3.8, 4) is 0 Å². The molecule has 120 valence electrons. The van der Waals surface area contributed by atoms with Gasteiger partial charge in [-0.2, -0.15) is 0 Å². The smallest absolute Gasteiger partial charge is 0.223 e. The number of rotatable bonds is 5. The highest BCUT2D eigenvalue weighted by Crippen LogP contribution is 2.31. The van der Waals surface area contributed by atoms with E-state index in [1.807, 2.05) is 12.1 Å². The monoisotopic (exact) mass is 333 g/mol. The van der Waals surface area contributed by atoms with Gasteiger partial charge in [0.25, 0.3) is 0 Å². The van der Waals surface area contributed by atoms with E-state index in [0.29, 0.717) is 12.5 Å². The van der Waals surface area contributed by atoms with Crippen LogP contribution in [0.1, 0.15) is 44.2 Å². The maximum absolute atomic E-state index is 12.4. The van der Waals surface area contributed by atoms with Gasteiger partial charge in [0.05, 0.1) is 6.04 Å². The first-order chi connectivity index (χ1) is 9.26. The second kappa shape index (κ2) is 9.98. The second-order valence-corrected chi connectivity index (χ2v) is 5.28. The van der Waals surface area contributed by atoms with Crippen molar-refractivity contribution >= 4 is 30.7 Å². The summed E-state index contributed by atoms with van der Waals surface area (Å²) in [5.74, 6) is 0.618. The van der Waals surface area contributed by atoms with Gasteiger partial charge in [0.1, 0.15) is 0 Å². The topological polar surface area (TPSA) is 68.0 Å². The number of aromatic nitrogens is 1. The third kappa shape index (κ3) is 5.13. The van der Waals surface area contributed by atoms with Gasteiger partial charge in [-0.05, 0) is 49.4 Å². The lowest BCUT2D eigenvalue weighted by Gasteiger charge is -2.22.